The lowest BCUT2D eigenvalue weighted by Crippen LogP contribution is -2.40. The highest BCUT2D eigenvalue weighted by atomic mass is 16.6. The Balaban J connectivity index is 1.95. The summed E-state index contributed by atoms with van der Waals surface area (Å²) in [5, 5.41) is 15.0. The number of nitro groups is 1. The van der Waals surface area contributed by atoms with E-state index in [9.17, 15) is 10.1 Å². The van der Waals surface area contributed by atoms with E-state index in [0.29, 0.717) is 11.7 Å². The molecule has 7 heteroatoms. The number of anilines is 3. The average Bonchev–Trinajstić information content (AvgIpc) is 2.68. The number of aromatic nitrogens is 2. The zero-order chi connectivity index (χ0) is 19.4. The van der Waals surface area contributed by atoms with E-state index in [-0.39, 0.29) is 22.5 Å². The van der Waals surface area contributed by atoms with Crippen LogP contribution in [0.3, 0.4) is 0 Å². The molecular weight excluding hydrogens is 342 g/mol. The van der Waals surface area contributed by atoms with Crippen LogP contribution in [0.2, 0.25) is 0 Å². The minimum Gasteiger partial charge on any atom is -0.348 e. The third-order valence-electron chi connectivity index (χ3n) is 5.20. The maximum Gasteiger partial charge on any atom is 0.353 e. The molecule has 1 unspecified atom stereocenters. The molecule has 7 nitrogen and oxygen atoms in total. The van der Waals surface area contributed by atoms with Gasteiger partial charge in [0.15, 0.2) is 0 Å². The van der Waals surface area contributed by atoms with Crippen molar-refractivity contribution in [1.29, 1.82) is 0 Å². The third-order valence-corrected chi connectivity index (χ3v) is 5.20. The van der Waals surface area contributed by atoms with Crippen molar-refractivity contribution >= 4 is 23.0 Å². The molecule has 1 aromatic carbocycles. The second-order valence-electron chi connectivity index (χ2n) is 7.30. The molecule has 1 aliphatic heterocycles. The lowest BCUT2D eigenvalue weighted by atomic mass is 10.00. The van der Waals surface area contributed by atoms with E-state index in [4.69, 9.17) is 0 Å². The number of nitrogens with zero attached hydrogens (tertiary/aromatic N) is 4. The Labute approximate surface area is 160 Å². The van der Waals surface area contributed by atoms with Crippen molar-refractivity contribution in [3.05, 3.63) is 46.3 Å². The number of rotatable bonds is 6. The second kappa shape index (κ2) is 8.33. The highest BCUT2D eigenvalue weighted by molar-refractivity contribution is 5.74. The van der Waals surface area contributed by atoms with E-state index in [0.717, 1.165) is 37.9 Å². The van der Waals surface area contributed by atoms with Gasteiger partial charge in [0.2, 0.25) is 11.6 Å². The average molecular weight is 369 g/mol. The molecule has 1 fully saturated rings. The molecule has 0 bridgehead atoms. The molecule has 27 heavy (non-hydrogen) atoms. The van der Waals surface area contributed by atoms with Crippen molar-refractivity contribution < 1.29 is 4.92 Å². The van der Waals surface area contributed by atoms with Gasteiger partial charge in [-0.3, -0.25) is 10.1 Å². The molecule has 1 aromatic heterocycles. The van der Waals surface area contributed by atoms with E-state index in [2.05, 4.69) is 41.0 Å². The van der Waals surface area contributed by atoms with Crippen molar-refractivity contribution in [2.45, 2.75) is 58.4 Å². The minimum atomic E-state index is -0.374. The largest absolute Gasteiger partial charge is 0.353 e. The zero-order valence-corrected chi connectivity index (χ0v) is 16.2. The number of piperidine rings is 1. The summed E-state index contributed by atoms with van der Waals surface area (Å²) >= 11 is 0. The Morgan fingerprint density at radius 2 is 2.00 bits per heavy atom. The number of hydrogen-bond acceptors (Lipinski definition) is 6. The van der Waals surface area contributed by atoms with Gasteiger partial charge in [-0.05, 0) is 49.3 Å². The molecule has 144 valence electrons. The number of nitrogens with one attached hydrogen (secondary N) is 1. The molecule has 0 amide bonds. The first-order valence-corrected chi connectivity index (χ1v) is 9.64. The van der Waals surface area contributed by atoms with Crippen molar-refractivity contribution in [1.82, 2.24) is 9.97 Å². The van der Waals surface area contributed by atoms with Crippen LogP contribution in [-0.4, -0.2) is 27.5 Å². The lowest BCUT2D eigenvalue weighted by molar-refractivity contribution is -0.383. The van der Waals surface area contributed by atoms with Crippen LogP contribution in [0, 0.1) is 10.1 Å². The molecule has 0 radical (unpaired) electrons. The summed E-state index contributed by atoms with van der Waals surface area (Å²) in [5.74, 6) is 1.09. The van der Waals surface area contributed by atoms with Gasteiger partial charge in [0.1, 0.15) is 6.33 Å². The Bertz CT molecular complexity index is 791. The van der Waals surface area contributed by atoms with Gasteiger partial charge in [-0.25, -0.2) is 9.97 Å². The summed E-state index contributed by atoms with van der Waals surface area (Å²) in [5.41, 5.74) is 1.95. The highest BCUT2D eigenvalue weighted by Gasteiger charge is 2.31. The molecule has 0 spiro atoms. The summed E-state index contributed by atoms with van der Waals surface area (Å²) in [7, 11) is 0. The predicted octanol–water partition coefficient (Wildman–Crippen LogP) is 5.02. The van der Waals surface area contributed by atoms with Crippen molar-refractivity contribution in [2.75, 3.05) is 16.8 Å². The van der Waals surface area contributed by atoms with Gasteiger partial charge in [0.25, 0.3) is 0 Å². The normalized spacial score (nSPS) is 17.2. The fourth-order valence-corrected chi connectivity index (χ4v) is 3.63. The first kappa shape index (κ1) is 19.1. The molecule has 2 heterocycles. The van der Waals surface area contributed by atoms with Crippen LogP contribution in [0.5, 0.6) is 0 Å². The Hall–Kier alpha value is -2.70. The fraction of sp³-hybridized carbons (Fsp3) is 0.500. The molecule has 1 aliphatic rings. The van der Waals surface area contributed by atoms with Gasteiger partial charge in [-0.2, -0.15) is 0 Å². The quantitative estimate of drug-likeness (QED) is 0.568. The monoisotopic (exact) mass is 369 g/mol. The molecule has 3 rings (SSSR count). The van der Waals surface area contributed by atoms with Gasteiger partial charge in [0.05, 0.1) is 4.92 Å². The van der Waals surface area contributed by atoms with Crippen LogP contribution in [0.4, 0.5) is 23.0 Å². The minimum absolute atomic E-state index is 0.0502. The van der Waals surface area contributed by atoms with Crippen molar-refractivity contribution in [3.8, 4) is 0 Å². The highest BCUT2D eigenvalue weighted by Crippen LogP contribution is 2.37. The van der Waals surface area contributed by atoms with Crippen LogP contribution >= 0.6 is 0 Å². The zero-order valence-electron chi connectivity index (χ0n) is 16.2. The summed E-state index contributed by atoms with van der Waals surface area (Å²) in [6.07, 6.45) is 5.57. The smallest absolute Gasteiger partial charge is 0.348 e. The molecule has 1 saturated heterocycles. The van der Waals surface area contributed by atoms with Crippen LogP contribution < -0.4 is 10.2 Å². The van der Waals surface area contributed by atoms with Crippen molar-refractivity contribution in [2.24, 2.45) is 0 Å². The van der Waals surface area contributed by atoms with E-state index in [1.54, 1.807) is 0 Å². The van der Waals surface area contributed by atoms with Crippen LogP contribution in [0.1, 0.15) is 57.9 Å². The fourth-order valence-electron chi connectivity index (χ4n) is 3.63. The molecule has 2 aromatic rings. The van der Waals surface area contributed by atoms with Crippen LogP contribution in [-0.2, 0) is 0 Å². The molecule has 1 N–H and O–H groups in total. The molecule has 0 aliphatic carbocycles. The Morgan fingerprint density at radius 1 is 1.26 bits per heavy atom. The van der Waals surface area contributed by atoms with Gasteiger partial charge >= 0.3 is 5.69 Å². The first-order chi connectivity index (χ1) is 13.0. The summed E-state index contributed by atoms with van der Waals surface area (Å²) in [6.45, 7) is 7.17. The number of benzene rings is 1. The molecule has 1 atom stereocenters. The van der Waals surface area contributed by atoms with Gasteiger partial charge in [-0.1, -0.05) is 32.9 Å². The molecule has 0 saturated carbocycles. The van der Waals surface area contributed by atoms with E-state index in [1.165, 1.54) is 11.9 Å². The SMILES string of the molecule is CCC1CCCCN1c1ncnc(Nc2ccc(C(C)C)cc2)c1[N+](=O)[O-]. The van der Waals surface area contributed by atoms with Gasteiger partial charge in [0, 0.05) is 18.3 Å². The van der Waals surface area contributed by atoms with Crippen LogP contribution in [0.25, 0.3) is 0 Å². The van der Waals surface area contributed by atoms with E-state index < -0.39 is 0 Å². The predicted molar refractivity (Wildman–Crippen MR) is 108 cm³/mol. The maximum atomic E-state index is 11.9. The topological polar surface area (TPSA) is 84.2 Å². The van der Waals surface area contributed by atoms with Gasteiger partial charge in [-0.15, -0.1) is 0 Å². The lowest BCUT2D eigenvalue weighted by Gasteiger charge is -2.35. The Morgan fingerprint density at radius 3 is 2.63 bits per heavy atom. The summed E-state index contributed by atoms with van der Waals surface area (Å²) < 4.78 is 0. The maximum absolute atomic E-state index is 11.9. The van der Waals surface area contributed by atoms with Gasteiger partial charge < -0.3 is 10.2 Å². The summed E-state index contributed by atoms with van der Waals surface area (Å²) in [6, 6.07) is 8.19. The molecular formula is C20H27N5O2. The summed E-state index contributed by atoms with van der Waals surface area (Å²) in [4.78, 5) is 22.0. The first-order valence-electron chi connectivity index (χ1n) is 9.64. The van der Waals surface area contributed by atoms with E-state index >= 15 is 0 Å². The van der Waals surface area contributed by atoms with E-state index in [1.807, 2.05) is 24.3 Å². The Kier molecular flexibility index (Phi) is 5.88. The third kappa shape index (κ3) is 4.18. The number of hydrogen-bond donors (Lipinski definition) is 1. The van der Waals surface area contributed by atoms with Crippen molar-refractivity contribution in [3.63, 3.8) is 0 Å². The second-order valence-corrected chi connectivity index (χ2v) is 7.30. The standard InChI is InChI=1S/C20H27N5O2/c1-4-17-7-5-6-12-24(17)20-18(25(26)27)19(21-13-22-20)23-16-10-8-15(9-11-16)14(2)3/h8-11,13-14,17H,4-7,12H2,1-3H3,(H,21,22,23). The van der Waals surface area contributed by atoms with Crippen LogP contribution in [0.15, 0.2) is 30.6 Å².